The largest absolute Gasteiger partial charge is 0.497 e. The van der Waals surface area contributed by atoms with Crippen molar-refractivity contribution in [1.29, 1.82) is 0 Å². The molecule has 0 aliphatic rings. The topological polar surface area (TPSA) is 69.7 Å². The van der Waals surface area contributed by atoms with Crippen molar-refractivity contribution in [3.05, 3.63) is 64.1 Å². The number of ether oxygens (including phenoxy) is 3. The number of aromatic nitrogens is 1. The van der Waals surface area contributed by atoms with E-state index in [9.17, 15) is 4.79 Å². The summed E-state index contributed by atoms with van der Waals surface area (Å²) in [5.41, 5.74) is 2.11. The Labute approximate surface area is 161 Å². The molecule has 0 aliphatic heterocycles. The zero-order valence-corrected chi connectivity index (χ0v) is 16.1. The monoisotopic (exact) mass is 384 g/mol. The minimum absolute atomic E-state index is 0.264. The fourth-order valence-corrected chi connectivity index (χ4v) is 3.33. The van der Waals surface area contributed by atoms with Gasteiger partial charge in [-0.05, 0) is 29.8 Å². The Morgan fingerprint density at radius 1 is 1.00 bits per heavy atom. The third-order valence-corrected chi connectivity index (χ3v) is 4.79. The average Bonchev–Trinajstić information content (AvgIpc) is 3.17. The van der Waals surface area contributed by atoms with Crippen LogP contribution < -0.4 is 19.5 Å². The van der Waals surface area contributed by atoms with Crippen molar-refractivity contribution in [2.75, 3.05) is 26.6 Å². The van der Waals surface area contributed by atoms with E-state index in [0.717, 1.165) is 16.3 Å². The van der Waals surface area contributed by atoms with Crippen molar-refractivity contribution in [3.63, 3.8) is 0 Å². The second kappa shape index (κ2) is 8.55. The van der Waals surface area contributed by atoms with Gasteiger partial charge in [0.15, 0.2) is 11.5 Å². The number of methoxy groups -OCH3 is 3. The Kier molecular flexibility index (Phi) is 5.93. The number of rotatable bonds is 7. The normalized spacial score (nSPS) is 10.3. The van der Waals surface area contributed by atoms with Gasteiger partial charge in [0.05, 0.1) is 26.3 Å². The molecular weight excluding hydrogens is 364 g/mol. The van der Waals surface area contributed by atoms with Crippen LogP contribution in [0.1, 0.15) is 21.1 Å². The molecule has 2 aromatic carbocycles. The summed E-state index contributed by atoms with van der Waals surface area (Å²) >= 11 is 1.46. The Bertz CT molecular complexity index is 922. The van der Waals surface area contributed by atoms with Crippen LogP contribution in [0.3, 0.4) is 0 Å². The lowest BCUT2D eigenvalue weighted by molar-refractivity contribution is 0.102. The van der Waals surface area contributed by atoms with Crippen molar-refractivity contribution in [2.45, 2.75) is 6.42 Å². The molecule has 0 saturated carbocycles. The summed E-state index contributed by atoms with van der Waals surface area (Å²) in [5.74, 6) is 1.70. The molecule has 140 valence electrons. The van der Waals surface area contributed by atoms with E-state index >= 15 is 0 Å². The van der Waals surface area contributed by atoms with E-state index in [1.54, 1.807) is 44.9 Å². The van der Waals surface area contributed by atoms with Crippen LogP contribution in [0, 0.1) is 0 Å². The van der Waals surface area contributed by atoms with Crippen LogP contribution in [0.5, 0.6) is 17.2 Å². The molecule has 1 amide bonds. The lowest BCUT2D eigenvalue weighted by atomic mass is 10.1. The van der Waals surface area contributed by atoms with Gasteiger partial charge in [0.25, 0.3) is 5.91 Å². The van der Waals surface area contributed by atoms with E-state index in [1.165, 1.54) is 11.3 Å². The highest BCUT2D eigenvalue weighted by Crippen LogP contribution is 2.30. The molecular formula is C20H20N2O4S. The molecule has 0 spiro atoms. The summed E-state index contributed by atoms with van der Waals surface area (Å²) in [6, 6.07) is 13.0. The van der Waals surface area contributed by atoms with E-state index in [2.05, 4.69) is 10.3 Å². The van der Waals surface area contributed by atoms with Crippen molar-refractivity contribution < 1.29 is 19.0 Å². The van der Waals surface area contributed by atoms with E-state index in [-0.39, 0.29) is 5.91 Å². The van der Waals surface area contributed by atoms with Crippen LogP contribution in [-0.4, -0.2) is 32.2 Å². The molecule has 0 aliphatic carbocycles. The van der Waals surface area contributed by atoms with Gasteiger partial charge in [0.2, 0.25) is 0 Å². The highest BCUT2D eigenvalue weighted by atomic mass is 32.1. The first-order chi connectivity index (χ1) is 13.1. The van der Waals surface area contributed by atoms with Crippen molar-refractivity contribution >= 4 is 22.9 Å². The molecule has 1 N–H and O–H groups in total. The number of anilines is 1. The third-order valence-electron chi connectivity index (χ3n) is 3.94. The number of nitrogens with one attached hydrogen (secondary N) is 1. The first-order valence-corrected chi connectivity index (χ1v) is 9.11. The molecule has 3 aromatic rings. The molecule has 1 aromatic heterocycles. The number of carbonyl (C=O) groups excluding carboxylic acids is 1. The quantitative estimate of drug-likeness (QED) is 0.666. The maximum absolute atomic E-state index is 12.5. The molecule has 0 radical (unpaired) electrons. The third kappa shape index (κ3) is 4.57. The fraction of sp³-hybridized carbons (Fsp3) is 0.200. The SMILES string of the molecule is COc1ccc(Cc2nc(C(=O)Nc3ccc(OC)c(OC)c3)cs2)cc1. The van der Waals surface area contributed by atoms with Crippen LogP contribution in [-0.2, 0) is 6.42 Å². The van der Waals surface area contributed by atoms with Gasteiger partial charge in [-0.15, -0.1) is 11.3 Å². The standard InChI is InChI=1S/C20H20N2O4S/c1-24-15-7-4-13(5-8-15)10-19-22-16(12-27-19)20(23)21-14-6-9-17(25-2)18(11-14)26-3/h4-9,11-12H,10H2,1-3H3,(H,21,23). The fourth-order valence-electron chi connectivity index (χ4n) is 2.52. The molecule has 1 heterocycles. The number of nitrogens with zero attached hydrogens (tertiary/aromatic N) is 1. The van der Waals surface area contributed by atoms with Gasteiger partial charge in [-0.2, -0.15) is 0 Å². The van der Waals surface area contributed by atoms with Crippen molar-refractivity contribution in [2.24, 2.45) is 0 Å². The van der Waals surface area contributed by atoms with Crippen LogP contribution in [0.2, 0.25) is 0 Å². The molecule has 7 heteroatoms. The van der Waals surface area contributed by atoms with Gasteiger partial charge in [0.1, 0.15) is 11.4 Å². The van der Waals surface area contributed by atoms with E-state index < -0.39 is 0 Å². The Balaban J connectivity index is 1.67. The second-order valence-electron chi connectivity index (χ2n) is 5.68. The van der Waals surface area contributed by atoms with Crippen LogP contribution in [0.25, 0.3) is 0 Å². The van der Waals surface area contributed by atoms with Crippen LogP contribution in [0.15, 0.2) is 47.8 Å². The van der Waals surface area contributed by atoms with Crippen molar-refractivity contribution in [1.82, 2.24) is 4.98 Å². The van der Waals surface area contributed by atoms with Gasteiger partial charge in [-0.3, -0.25) is 4.79 Å². The molecule has 0 saturated heterocycles. The molecule has 0 unspecified atom stereocenters. The number of hydrogen-bond donors (Lipinski definition) is 1. The molecule has 6 nitrogen and oxygen atoms in total. The molecule has 0 bridgehead atoms. The summed E-state index contributed by atoms with van der Waals surface area (Å²) in [6.45, 7) is 0. The van der Waals surface area contributed by atoms with Crippen LogP contribution >= 0.6 is 11.3 Å². The molecule has 0 atom stereocenters. The number of thiazole rings is 1. The highest BCUT2D eigenvalue weighted by molar-refractivity contribution is 7.09. The number of amides is 1. The predicted octanol–water partition coefficient (Wildman–Crippen LogP) is 4.01. The van der Waals surface area contributed by atoms with E-state index in [0.29, 0.717) is 29.3 Å². The van der Waals surface area contributed by atoms with E-state index in [4.69, 9.17) is 14.2 Å². The zero-order chi connectivity index (χ0) is 19.2. The van der Waals surface area contributed by atoms with Gasteiger partial charge in [-0.1, -0.05) is 12.1 Å². The second-order valence-corrected chi connectivity index (χ2v) is 6.62. The number of carbonyl (C=O) groups is 1. The first kappa shape index (κ1) is 18.7. The number of benzene rings is 2. The van der Waals surface area contributed by atoms with E-state index in [1.807, 2.05) is 24.3 Å². The Hall–Kier alpha value is -3.06. The smallest absolute Gasteiger partial charge is 0.275 e. The lowest BCUT2D eigenvalue weighted by Gasteiger charge is -2.10. The summed E-state index contributed by atoms with van der Waals surface area (Å²) in [6.07, 6.45) is 0.665. The van der Waals surface area contributed by atoms with Gasteiger partial charge < -0.3 is 19.5 Å². The number of hydrogen-bond acceptors (Lipinski definition) is 6. The summed E-state index contributed by atoms with van der Waals surface area (Å²) in [7, 11) is 4.75. The molecule has 27 heavy (non-hydrogen) atoms. The Morgan fingerprint density at radius 3 is 2.41 bits per heavy atom. The zero-order valence-electron chi connectivity index (χ0n) is 15.3. The van der Waals surface area contributed by atoms with Gasteiger partial charge in [-0.25, -0.2) is 4.98 Å². The maximum atomic E-state index is 12.5. The summed E-state index contributed by atoms with van der Waals surface area (Å²) < 4.78 is 15.6. The Morgan fingerprint density at radius 2 is 1.74 bits per heavy atom. The molecule has 0 fully saturated rings. The minimum Gasteiger partial charge on any atom is -0.497 e. The molecule has 3 rings (SSSR count). The maximum Gasteiger partial charge on any atom is 0.275 e. The summed E-state index contributed by atoms with van der Waals surface area (Å²) in [5, 5.41) is 5.46. The van der Waals surface area contributed by atoms with Crippen molar-refractivity contribution in [3.8, 4) is 17.2 Å². The van der Waals surface area contributed by atoms with Gasteiger partial charge in [0, 0.05) is 23.6 Å². The minimum atomic E-state index is -0.264. The van der Waals surface area contributed by atoms with Crippen LogP contribution in [0.4, 0.5) is 5.69 Å². The summed E-state index contributed by atoms with van der Waals surface area (Å²) in [4.78, 5) is 16.9. The average molecular weight is 384 g/mol. The first-order valence-electron chi connectivity index (χ1n) is 8.23. The lowest BCUT2D eigenvalue weighted by Crippen LogP contribution is -2.12. The predicted molar refractivity (Wildman–Crippen MR) is 105 cm³/mol. The van der Waals surface area contributed by atoms with Gasteiger partial charge >= 0.3 is 0 Å². The highest BCUT2D eigenvalue weighted by Gasteiger charge is 2.13.